The largest absolute Gasteiger partial charge is 0.268 e. The van der Waals surface area contributed by atoms with Gasteiger partial charge >= 0.3 is 0 Å². The van der Waals surface area contributed by atoms with Crippen LogP contribution in [0.5, 0.6) is 0 Å². The molecular formula is C23H16BrFN2O. The van der Waals surface area contributed by atoms with Crippen LogP contribution in [0, 0.1) is 12.7 Å². The summed E-state index contributed by atoms with van der Waals surface area (Å²) in [5.41, 5.74) is 2.60. The second-order valence-electron chi connectivity index (χ2n) is 6.44. The van der Waals surface area contributed by atoms with Crippen LogP contribution in [0.3, 0.4) is 0 Å². The number of nitrogens with zero attached hydrogens (tertiary/aromatic N) is 2. The summed E-state index contributed by atoms with van der Waals surface area (Å²) >= 11 is 3.55. The second kappa shape index (κ2) is 7.52. The van der Waals surface area contributed by atoms with Crippen LogP contribution < -0.4 is 5.56 Å². The number of benzene rings is 3. The average Bonchev–Trinajstić information content (AvgIpc) is 2.68. The summed E-state index contributed by atoms with van der Waals surface area (Å²) in [6.45, 7) is 1.98. The standard InChI is InChI=1S/C23H16BrFN2O/c1-15-10-12-21(18(24)14-15)27-22(13-11-16-6-2-4-8-19(16)25)26-20-9-5-3-7-17(20)23(27)28/h2-14H,1H3. The van der Waals surface area contributed by atoms with Gasteiger partial charge in [0.05, 0.1) is 16.6 Å². The Morgan fingerprint density at radius 1 is 1.00 bits per heavy atom. The first-order chi connectivity index (χ1) is 13.5. The van der Waals surface area contributed by atoms with Gasteiger partial charge in [0.15, 0.2) is 0 Å². The molecule has 0 spiro atoms. The fourth-order valence-electron chi connectivity index (χ4n) is 3.06. The molecule has 1 aromatic heterocycles. The highest BCUT2D eigenvalue weighted by Gasteiger charge is 2.13. The average molecular weight is 435 g/mol. The van der Waals surface area contributed by atoms with Crippen LogP contribution in [-0.2, 0) is 0 Å². The fraction of sp³-hybridized carbons (Fsp3) is 0.0435. The van der Waals surface area contributed by atoms with Crippen molar-refractivity contribution in [1.82, 2.24) is 9.55 Å². The van der Waals surface area contributed by atoms with Crippen molar-refractivity contribution in [3.05, 3.63) is 104 Å². The van der Waals surface area contributed by atoms with Gasteiger partial charge in [-0.15, -0.1) is 0 Å². The zero-order valence-electron chi connectivity index (χ0n) is 15.1. The van der Waals surface area contributed by atoms with E-state index in [1.54, 1.807) is 47.1 Å². The normalized spacial score (nSPS) is 11.4. The van der Waals surface area contributed by atoms with Gasteiger partial charge in [-0.25, -0.2) is 9.37 Å². The van der Waals surface area contributed by atoms with Gasteiger partial charge < -0.3 is 0 Å². The Morgan fingerprint density at radius 3 is 2.54 bits per heavy atom. The number of hydrogen-bond acceptors (Lipinski definition) is 2. The quantitative estimate of drug-likeness (QED) is 0.410. The molecule has 0 aliphatic rings. The van der Waals surface area contributed by atoms with Crippen LogP contribution in [0.4, 0.5) is 4.39 Å². The molecule has 0 fully saturated rings. The first-order valence-corrected chi connectivity index (χ1v) is 9.55. The number of aromatic nitrogens is 2. The summed E-state index contributed by atoms with van der Waals surface area (Å²) < 4.78 is 16.3. The molecule has 4 aromatic rings. The van der Waals surface area contributed by atoms with Gasteiger partial charge in [-0.2, -0.15) is 0 Å². The summed E-state index contributed by atoms with van der Waals surface area (Å²) in [4.78, 5) is 17.9. The van der Waals surface area contributed by atoms with Gasteiger partial charge in [0.1, 0.15) is 11.6 Å². The van der Waals surface area contributed by atoms with Gasteiger partial charge in [0.2, 0.25) is 0 Å². The van der Waals surface area contributed by atoms with Crippen LogP contribution in [0.2, 0.25) is 0 Å². The van der Waals surface area contributed by atoms with Gasteiger partial charge in [-0.1, -0.05) is 36.4 Å². The van der Waals surface area contributed by atoms with Crippen LogP contribution in [0.1, 0.15) is 17.0 Å². The van der Waals surface area contributed by atoms with E-state index >= 15 is 0 Å². The summed E-state index contributed by atoms with van der Waals surface area (Å²) in [6.07, 6.45) is 3.29. The predicted molar refractivity (Wildman–Crippen MR) is 115 cm³/mol. The fourth-order valence-corrected chi connectivity index (χ4v) is 3.73. The Bertz CT molecular complexity index is 1280. The highest BCUT2D eigenvalue weighted by molar-refractivity contribution is 9.10. The van der Waals surface area contributed by atoms with Crippen LogP contribution in [-0.4, -0.2) is 9.55 Å². The van der Waals surface area contributed by atoms with Gasteiger partial charge in [-0.05, 0) is 70.9 Å². The first kappa shape index (κ1) is 18.3. The van der Waals surface area contributed by atoms with E-state index < -0.39 is 0 Å². The molecule has 0 aliphatic heterocycles. The number of para-hydroxylation sites is 1. The number of halogens is 2. The highest BCUT2D eigenvalue weighted by Crippen LogP contribution is 2.24. The molecular weight excluding hydrogens is 419 g/mol. The summed E-state index contributed by atoms with van der Waals surface area (Å²) in [7, 11) is 0. The maximum absolute atomic E-state index is 14.0. The van der Waals surface area contributed by atoms with Crippen molar-refractivity contribution in [2.24, 2.45) is 0 Å². The van der Waals surface area contributed by atoms with Crippen molar-refractivity contribution in [2.75, 3.05) is 0 Å². The lowest BCUT2D eigenvalue weighted by Gasteiger charge is -2.13. The minimum atomic E-state index is -0.329. The lowest BCUT2D eigenvalue weighted by molar-refractivity contribution is 0.625. The molecule has 0 unspecified atom stereocenters. The summed E-state index contributed by atoms with van der Waals surface area (Å²) in [5.74, 6) is 0.0986. The molecule has 0 aliphatic carbocycles. The Morgan fingerprint density at radius 2 is 1.75 bits per heavy atom. The van der Waals surface area contributed by atoms with Crippen molar-refractivity contribution in [3.63, 3.8) is 0 Å². The van der Waals surface area contributed by atoms with E-state index in [2.05, 4.69) is 20.9 Å². The Hall–Kier alpha value is -3.05. The van der Waals surface area contributed by atoms with Crippen molar-refractivity contribution < 1.29 is 4.39 Å². The molecule has 0 saturated heterocycles. The zero-order chi connectivity index (χ0) is 19.7. The molecule has 0 radical (unpaired) electrons. The number of rotatable bonds is 3. The molecule has 138 valence electrons. The highest BCUT2D eigenvalue weighted by atomic mass is 79.9. The molecule has 5 heteroatoms. The van der Waals surface area contributed by atoms with Crippen molar-refractivity contribution in [2.45, 2.75) is 6.92 Å². The predicted octanol–water partition coefficient (Wildman–Crippen LogP) is 5.77. The van der Waals surface area contributed by atoms with Crippen molar-refractivity contribution in [3.8, 4) is 5.69 Å². The monoisotopic (exact) mass is 434 g/mol. The molecule has 0 N–H and O–H groups in total. The maximum Gasteiger partial charge on any atom is 0.266 e. The van der Waals surface area contributed by atoms with Gasteiger partial charge in [0, 0.05) is 10.0 Å². The first-order valence-electron chi connectivity index (χ1n) is 8.75. The lowest BCUT2D eigenvalue weighted by atomic mass is 10.2. The number of aryl methyl sites for hydroxylation is 1. The zero-order valence-corrected chi connectivity index (χ0v) is 16.7. The molecule has 0 saturated carbocycles. The second-order valence-corrected chi connectivity index (χ2v) is 7.29. The van der Waals surface area contributed by atoms with Gasteiger partial charge in [-0.3, -0.25) is 9.36 Å². The van der Waals surface area contributed by atoms with E-state index in [4.69, 9.17) is 0 Å². The number of fused-ring (bicyclic) bond motifs is 1. The third-order valence-electron chi connectivity index (χ3n) is 4.46. The number of hydrogen-bond donors (Lipinski definition) is 0. The molecule has 3 aromatic carbocycles. The molecule has 0 amide bonds. The van der Waals surface area contributed by atoms with Crippen LogP contribution in [0.25, 0.3) is 28.7 Å². The lowest BCUT2D eigenvalue weighted by Crippen LogP contribution is -2.22. The van der Waals surface area contributed by atoms with E-state index in [1.165, 1.54) is 6.07 Å². The van der Waals surface area contributed by atoms with Crippen LogP contribution in [0.15, 0.2) is 76.0 Å². The van der Waals surface area contributed by atoms with E-state index in [1.807, 2.05) is 37.3 Å². The molecule has 4 rings (SSSR count). The van der Waals surface area contributed by atoms with E-state index in [0.29, 0.717) is 28.0 Å². The summed E-state index contributed by atoms with van der Waals surface area (Å²) in [6, 6.07) is 19.4. The summed E-state index contributed by atoms with van der Waals surface area (Å²) in [5, 5.41) is 0.526. The molecule has 1 heterocycles. The Balaban J connectivity index is 1.99. The Labute approximate surface area is 169 Å². The van der Waals surface area contributed by atoms with Crippen molar-refractivity contribution in [1.29, 1.82) is 0 Å². The smallest absolute Gasteiger partial charge is 0.266 e. The van der Waals surface area contributed by atoms with E-state index in [0.717, 1.165) is 10.0 Å². The van der Waals surface area contributed by atoms with E-state index in [-0.39, 0.29) is 11.4 Å². The Kier molecular flexibility index (Phi) is 4.92. The topological polar surface area (TPSA) is 34.9 Å². The molecule has 28 heavy (non-hydrogen) atoms. The van der Waals surface area contributed by atoms with E-state index in [9.17, 15) is 9.18 Å². The minimum Gasteiger partial charge on any atom is -0.268 e. The van der Waals surface area contributed by atoms with Gasteiger partial charge in [0.25, 0.3) is 5.56 Å². The van der Waals surface area contributed by atoms with Crippen LogP contribution >= 0.6 is 15.9 Å². The molecule has 0 atom stereocenters. The van der Waals surface area contributed by atoms with Crippen molar-refractivity contribution >= 4 is 39.0 Å². The SMILES string of the molecule is Cc1ccc(-n2c(C=Cc3ccccc3F)nc3ccccc3c2=O)c(Br)c1. The molecule has 0 bridgehead atoms. The minimum absolute atomic E-state index is 0.177. The maximum atomic E-state index is 14.0. The third kappa shape index (κ3) is 3.41. The third-order valence-corrected chi connectivity index (χ3v) is 5.10. The molecule has 3 nitrogen and oxygen atoms in total.